The zero-order chi connectivity index (χ0) is 19.8. The first-order valence-electron chi connectivity index (χ1n) is 10.5. The maximum atomic E-state index is 5.58. The molecule has 0 bridgehead atoms. The van der Waals surface area contributed by atoms with Gasteiger partial charge in [-0.3, -0.25) is 4.99 Å². The largest absolute Gasteiger partial charge is 0.454 e. The quantitative estimate of drug-likeness (QED) is 0.378. The van der Waals surface area contributed by atoms with E-state index in [-0.39, 0.29) is 29.4 Å². The number of nitrogens with one attached hydrogen (secondary N) is 1. The lowest BCUT2D eigenvalue weighted by atomic mass is 9.93. The number of likely N-dealkylation sites (tertiary alicyclic amines) is 1. The molecule has 2 aliphatic heterocycles. The molecule has 1 aromatic carbocycles. The molecule has 8 heteroatoms. The molecule has 7 nitrogen and oxygen atoms in total. The van der Waals surface area contributed by atoms with Gasteiger partial charge in [0.2, 0.25) is 6.79 Å². The van der Waals surface area contributed by atoms with Gasteiger partial charge >= 0.3 is 0 Å². The molecule has 2 unspecified atom stereocenters. The molecule has 1 aromatic heterocycles. The van der Waals surface area contributed by atoms with Crippen LogP contribution in [0.1, 0.15) is 37.8 Å². The van der Waals surface area contributed by atoms with Crippen molar-refractivity contribution in [2.45, 2.75) is 37.6 Å². The van der Waals surface area contributed by atoms with Crippen LogP contribution in [-0.4, -0.2) is 53.9 Å². The summed E-state index contributed by atoms with van der Waals surface area (Å²) in [5, 5.41) is 3.67. The molecule has 5 rings (SSSR count). The Morgan fingerprint density at radius 1 is 1.30 bits per heavy atom. The van der Waals surface area contributed by atoms with Gasteiger partial charge in [0.05, 0.1) is 12.4 Å². The Labute approximate surface area is 194 Å². The van der Waals surface area contributed by atoms with Crippen molar-refractivity contribution in [3.05, 3.63) is 42.5 Å². The smallest absolute Gasteiger partial charge is 0.231 e. The number of rotatable bonds is 4. The van der Waals surface area contributed by atoms with Crippen molar-refractivity contribution in [2.75, 3.05) is 33.5 Å². The first-order chi connectivity index (χ1) is 14.2. The number of ether oxygens (including phenoxy) is 2. The number of piperidine rings is 1. The predicted molar refractivity (Wildman–Crippen MR) is 127 cm³/mol. The van der Waals surface area contributed by atoms with E-state index in [0.29, 0.717) is 18.8 Å². The Kier molecular flexibility index (Phi) is 6.13. The van der Waals surface area contributed by atoms with E-state index in [2.05, 4.69) is 50.0 Å². The fourth-order valence-electron chi connectivity index (χ4n) is 4.62. The van der Waals surface area contributed by atoms with Gasteiger partial charge in [0.25, 0.3) is 0 Å². The summed E-state index contributed by atoms with van der Waals surface area (Å²) in [6.45, 7) is 5.53. The predicted octanol–water partition coefficient (Wildman–Crippen LogP) is 3.42. The molecule has 2 fully saturated rings. The van der Waals surface area contributed by atoms with E-state index in [9.17, 15) is 0 Å². The number of guanidine groups is 1. The van der Waals surface area contributed by atoms with Crippen LogP contribution in [0.5, 0.6) is 11.5 Å². The van der Waals surface area contributed by atoms with Crippen molar-refractivity contribution in [3.63, 3.8) is 0 Å². The van der Waals surface area contributed by atoms with E-state index < -0.39 is 0 Å². The molecule has 2 aromatic rings. The SMILES string of the molecule is CN=C(NCC1(c2ccc3c(c2)OCO3)CC1)N1CCC(C)C(n2ccnc2)C1.I. The third kappa shape index (κ3) is 3.98. The van der Waals surface area contributed by atoms with E-state index in [0.717, 1.165) is 43.5 Å². The number of hydrogen-bond acceptors (Lipinski definition) is 4. The molecule has 1 aliphatic carbocycles. The number of fused-ring (bicyclic) bond motifs is 1. The number of halogens is 1. The Bertz CT molecular complexity index is 897. The molecule has 1 saturated heterocycles. The van der Waals surface area contributed by atoms with Crippen LogP contribution < -0.4 is 14.8 Å². The highest BCUT2D eigenvalue weighted by atomic mass is 127. The Balaban J connectivity index is 0.00000218. The number of hydrogen-bond donors (Lipinski definition) is 1. The number of benzene rings is 1. The second kappa shape index (κ2) is 8.64. The van der Waals surface area contributed by atoms with Crippen molar-refractivity contribution in [1.82, 2.24) is 19.8 Å². The summed E-state index contributed by atoms with van der Waals surface area (Å²) in [5.74, 6) is 3.34. The average Bonchev–Trinajstić information content (AvgIpc) is 3.14. The molecule has 3 heterocycles. The molecule has 1 N–H and O–H groups in total. The molecule has 1 saturated carbocycles. The van der Waals surface area contributed by atoms with Gasteiger partial charge in [-0.25, -0.2) is 4.98 Å². The maximum Gasteiger partial charge on any atom is 0.231 e. The van der Waals surface area contributed by atoms with E-state index in [1.807, 2.05) is 25.6 Å². The van der Waals surface area contributed by atoms with E-state index in [4.69, 9.17) is 9.47 Å². The number of aliphatic imine (C=N–C) groups is 1. The average molecular weight is 523 g/mol. The summed E-state index contributed by atoms with van der Waals surface area (Å²) >= 11 is 0. The van der Waals surface area contributed by atoms with Crippen LogP contribution in [0.15, 0.2) is 41.9 Å². The molecule has 3 aliphatic rings. The molecular weight excluding hydrogens is 493 g/mol. The van der Waals surface area contributed by atoms with Gasteiger partial charge in [0, 0.05) is 44.5 Å². The van der Waals surface area contributed by atoms with Crippen molar-refractivity contribution in [3.8, 4) is 11.5 Å². The van der Waals surface area contributed by atoms with Crippen LogP contribution in [0.4, 0.5) is 0 Å². The normalized spacial score (nSPS) is 24.3. The van der Waals surface area contributed by atoms with Crippen molar-refractivity contribution in [1.29, 1.82) is 0 Å². The highest BCUT2D eigenvalue weighted by Crippen LogP contribution is 2.50. The van der Waals surface area contributed by atoms with Crippen LogP contribution in [0.3, 0.4) is 0 Å². The fourth-order valence-corrected chi connectivity index (χ4v) is 4.62. The zero-order valence-corrected chi connectivity index (χ0v) is 19.9. The standard InChI is InChI=1S/C22H29N5O2.HI/c1-16-5-9-26(12-18(16)27-10-8-24-14-27)21(23-2)25-13-22(6-7-22)17-3-4-19-20(11-17)29-15-28-19;/h3-4,8,10-11,14,16,18H,5-7,9,12-13,15H2,1-2H3,(H,23,25);1H. The van der Waals surface area contributed by atoms with Gasteiger partial charge in [-0.05, 0) is 42.9 Å². The topological polar surface area (TPSA) is 63.9 Å². The summed E-state index contributed by atoms with van der Waals surface area (Å²) < 4.78 is 13.3. The van der Waals surface area contributed by atoms with Crippen LogP contribution in [-0.2, 0) is 5.41 Å². The highest BCUT2D eigenvalue weighted by molar-refractivity contribution is 14.0. The Morgan fingerprint density at radius 2 is 2.13 bits per heavy atom. The van der Waals surface area contributed by atoms with E-state index in [1.54, 1.807) is 0 Å². The van der Waals surface area contributed by atoms with Crippen LogP contribution in [0.2, 0.25) is 0 Å². The molecular formula is C22H30IN5O2. The molecule has 30 heavy (non-hydrogen) atoms. The van der Waals surface area contributed by atoms with Crippen molar-refractivity contribution < 1.29 is 9.47 Å². The molecule has 162 valence electrons. The molecule has 0 spiro atoms. The highest BCUT2D eigenvalue weighted by Gasteiger charge is 2.45. The summed E-state index contributed by atoms with van der Waals surface area (Å²) in [6.07, 6.45) is 9.38. The van der Waals surface area contributed by atoms with Crippen molar-refractivity contribution in [2.24, 2.45) is 10.9 Å². The third-order valence-electron chi connectivity index (χ3n) is 6.76. The summed E-state index contributed by atoms with van der Waals surface area (Å²) in [7, 11) is 1.88. The van der Waals surface area contributed by atoms with Gasteiger partial charge in [0.1, 0.15) is 0 Å². The van der Waals surface area contributed by atoms with Gasteiger partial charge in [-0.1, -0.05) is 13.0 Å². The van der Waals surface area contributed by atoms with Gasteiger partial charge < -0.3 is 24.3 Å². The lowest BCUT2D eigenvalue weighted by molar-refractivity contribution is 0.174. The minimum absolute atomic E-state index is 0. The Hall–Kier alpha value is -1.97. The second-order valence-corrected chi connectivity index (χ2v) is 8.54. The Morgan fingerprint density at radius 3 is 2.87 bits per heavy atom. The van der Waals surface area contributed by atoms with Crippen LogP contribution in [0, 0.1) is 5.92 Å². The third-order valence-corrected chi connectivity index (χ3v) is 6.76. The van der Waals surface area contributed by atoms with Gasteiger partial charge in [-0.2, -0.15) is 0 Å². The summed E-state index contributed by atoms with van der Waals surface area (Å²) in [6, 6.07) is 6.79. The van der Waals surface area contributed by atoms with E-state index in [1.165, 1.54) is 18.4 Å². The van der Waals surface area contributed by atoms with Crippen LogP contribution >= 0.6 is 24.0 Å². The number of aromatic nitrogens is 2. The van der Waals surface area contributed by atoms with Crippen LogP contribution in [0.25, 0.3) is 0 Å². The van der Waals surface area contributed by atoms with E-state index >= 15 is 0 Å². The lowest BCUT2D eigenvalue weighted by Gasteiger charge is -2.39. The first-order valence-corrected chi connectivity index (χ1v) is 10.5. The summed E-state index contributed by atoms with van der Waals surface area (Å²) in [5.41, 5.74) is 1.50. The first kappa shape index (κ1) is 21.3. The molecule has 2 atom stereocenters. The fraction of sp³-hybridized carbons (Fsp3) is 0.545. The zero-order valence-electron chi connectivity index (χ0n) is 17.6. The monoisotopic (exact) mass is 523 g/mol. The molecule has 0 radical (unpaired) electrons. The van der Waals surface area contributed by atoms with Gasteiger partial charge in [0.15, 0.2) is 17.5 Å². The maximum absolute atomic E-state index is 5.58. The minimum Gasteiger partial charge on any atom is -0.454 e. The second-order valence-electron chi connectivity index (χ2n) is 8.54. The number of imidazole rings is 1. The van der Waals surface area contributed by atoms with Gasteiger partial charge in [-0.15, -0.1) is 24.0 Å². The minimum atomic E-state index is 0. The molecule has 0 amide bonds. The lowest BCUT2D eigenvalue weighted by Crippen LogP contribution is -2.50. The number of nitrogens with zero attached hydrogens (tertiary/aromatic N) is 4. The van der Waals surface area contributed by atoms with Crippen molar-refractivity contribution >= 4 is 29.9 Å². The summed E-state index contributed by atoms with van der Waals surface area (Å²) in [4.78, 5) is 11.2.